The van der Waals surface area contributed by atoms with Gasteiger partial charge in [0, 0.05) is 19.1 Å². The van der Waals surface area contributed by atoms with Gasteiger partial charge >= 0.3 is 0 Å². The summed E-state index contributed by atoms with van der Waals surface area (Å²) in [6.07, 6.45) is 4.44. The van der Waals surface area contributed by atoms with Crippen LogP contribution in [0.2, 0.25) is 0 Å². The van der Waals surface area contributed by atoms with Gasteiger partial charge in [-0.1, -0.05) is 24.3 Å². The van der Waals surface area contributed by atoms with Crippen LogP contribution in [0, 0.1) is 0 Å². The summed E-state index contributed by atoms with van der Waals surface area (Å²) >= 11 is 0. The van der Waals surface area contributed by atoms with Gasteiger partial charge in [-0.05, 0) is 32.4 Å². The minimum absolute atomic E-state index is 0.145. The summed E-state index contributed by atoms with van der Waals surface area (Å²) in [5.41, 5.74) is 3.97. The fraction of sp³-hybridized carbons (Fsp3) is 0.429. The molecule has 0 fully saturated rings. The molecule has 1 aliphatic rings. The van der Waals surface area contributed by atoms with E-state index in [1.54, 1.807) is 0 Å². The maximum Gasteiger partial charge on any atom is 0.0682 e. The summed E-state index contributed by atoms with van der Waals surface area (Å²) in [4.78, 5) is 2.44. The Balaban J connectivity index is 2.56. The number of hydrogen-bond acceptors (Lipinski definition) is 2. The van der Waals surface area contributed by atoms with Crippen LogP contribution in [0.1, 0.15) is 26.3 Å². The van der Waals surface area contributed by atoms with Crippen molar-refractivity contribution in [2.24, 2.45) is 0 Å². The number of para-hydroxylation sites is 1. The van der Waals surface area contributed by atoms with Crippen molar-refractivity contribution < 1.29 is 0 Å². The number of fused-ring (bicyclic) bond motifs is 1. The first-order valence-corrected chi connectivity index (χ1v) is 5.79. The topological polar surface area (TPSA) is 15.3 Å². The van der Waals surface area contributed by atoms with Crippen molar-refractivity contribution in [1.29, 1.82) is 0 Å². The van der Waals surface area contributed by atoms with Crippen LogP contribution in [-0.2, 0) is 0 Å². The van der Waals surface area contributed by atoms with E-state index < -0.39 is 0 Å². The molecule has 86 valence electrons. The summed E-state index contributed by atoms with van der Waals surface area (Å²) in [5.74, 6) is 0. The quantitative estimate of drug-likeness (QED) is 0.774. The minimum atomic E-state index is 0.145. The standard InChI is InChI=1S/C14H20N2/c1-14(2,3)16-10-6-8-11-7-5-9-12(15-4)13(11)16/h5-9,15H,10H2,1-4H3. The van der Waals surface area contributed by atoms with Crippen LogP contribution in [0.15, 0.2) is 24.3 Å². The van der Waals surface area contributed by atoms with Gasteiger partial charge in [0.2, 0.25) is 0 Å². The van der Waals surface area contributed by atoms with E-state index in [0.717, 1.165) is 6.54 Å². The maximum absolute atomic E-state index is 3.28. The molecule has 2 rings (SSSR count). The monoisotopic (exact) mass is 216 g/mol. The van der Waals surface area contributed by atoms with Crippen LogP contribution in [0.4, 0.5) is 11.4 Å². The van der Waals surface area contributed by atoms with Crippen molar-refractivity contribution in [1.82, 2.24) is 0 Å². The molecule has 1 heterocycles. The Morgan fingerprint density at radius 2 is 2.00 bits per heavy atom. The Kier molecular flexibility index (Phi) is 2.66. The second-order valence-electron chi connectivity index (χ2n) is 5.18. The number of nitrogens with zero attached hydrogens (tertiary/aromatic N) is 1. The smallest absolute Gasteiger partial charge is 0.0682 e. The summed E-state index contributed by atoms with van der Waals surface area (Å²) in [6.45, 7) is 7.74. The van der Waals surface area contributed by atoms with E-state index in [1.165, 1.54) is 16.9 Å². The first-order valence-electron chi connectivity index (χ1n) is 5.79. The Morgan fingerprint density at radius 1 is 1.25 bits per heavy atom. The van der Waals surface area contributed by atoms with Crippen molar-refractivity contribution in [2.45, 2.75) is 26.3 Å². The molecule has 1 aromatic rings. The van der Waals surface area contributed by atoms with Crippen molar-refractivity contribution in [3.05, 3.63) is 29.8 Å². The molecule has 0 aromatic heterocycles. The minimum Gasteiger partial charge on any atom is -0.386 e. The summed E-state index contributed by atoms with van der Waals surface area (Å²) in [6, 6.07) is 6.41. The van der Waals surface area contributed by atoms with E-state index >= 15 is 0 Å². The van der Waals surface area contributed by atoms with E-state index in [1.807, 2.05) is 7.05 Å². The molecule has 0 bridgehead atoms. The lowest BCUT2D eigenvalue weighted by molar-refractivity contribution is 0.521. The van der Waals surface area contributed by atoms with E-state index in [0.29, 0.717) is 0 Å². The second-order valence-corrected chi connectivity index (χ2v) is 5.18. The van der Waals surface area contributed by atoms with Gasteiger partial charge in [0.25, 0.3) is 0 Å². The molecule has 1 aliphatic heterocycles. The molecule has 16 heavy (non-hydrogen) atoms. The summed E-state index contributed by atoms with van der Waals surface area (Å²) < 4.78 is 0. The van der Waals surface area contributed by atoms with Gasteiger partial charge in [-0.3, -0.25) is 0 Å². The maximum atomic E-state index is 3.28. The fourth-order valence-corrected chi connectivity index (χ4v) is 2.18. The zero-order valence-electron chi connectivity index (χ0n) is 10.5. The van der Waals surface area contributed by atoms with Crippen LogP contribution < -0.4 is 10.2 Å². The van der Waals surface area contributed by atoms with E-state index in [9.17, 15) is 0 Å². The lowest BCUT2D eigenvalue weighted by Gasteiger charge is -2.40. The number of rotatable bonds is 1. The normalized spacial score (nSPS) is 14.9. The highest BCUT2D eigenvalue weighted by molar-refractivity contribution is 5.83. The molecular weight excluding hydrogens is 196 g/mol. The Hall–Kier alpha value is -1.44. The molecule has 0 unspecified atom stereocenters. The van der Waals surface area contributed by atoms with Crippen LogP contribution >= 0.6 is 0 Å². The fourth-order valence-electron chi connectivity index (χ4n) is 2.18. The third-order valence-corrected chi connectivity index (χ3v) is 3.00. The summed E-state index contributed by atoms with van der Waals surface area (Å²) in [7, 11) is 1.98. The van der Waals surface area contributed by atoms with Crippen LogP contribution in [-0.4, -0.2) is 19.1 Å². The number of nitrogens with one attached hydrogen (secondary N) is 1. The average molecular weight is 216 g/mol. The molecule has 2 heteroatoms. The third-order valence-electron chi connectivity index (χ3n) is 3.00. The van der Waals surface area contributed by atoms with E-state index in [4.69, 9.17) is 0 Å². The van der Waals surface area contributed by atoms with Crippen LogP contribution in [0.5, 0.6) is 0 Å². The molecule has 0 spiro atoms. The Morgan fingerprint density at radius 3 is 2.62 bits per heavy atom. The number of anilines is 2. The molecular formula is C14H20N2. The zero-order chi connectivity index (χ0) is 11.8. The molecule has 0 saturated heterocycles. The first kappa shape index (κ1) is 11.1. The Labute approximate surface area is 98.0 Å². The van der Waals surface area contributed by atoms with Crippen molar-refractivity contribution >= 4 is 17.5 Å². The summed E-state index contributed by atoms with van der Waals surface area (Å²) in [5, 5.41) is 3.28. The molecule has 1 N–H and O–H groups in total. The van der Waals surface area contributed by atoms with Crippen LogP contribution in [0.3, 0.4) is 0 Å². The van der Waals surface area contributed by atoms with E-state index in [-0.39, 0.29) is 5.54 Å². The first-order chi connectivity index (χ1) is 7.54. The number of benzene rings is 1. The highest BCUT2D eigenvalue weighted by Gasteiger charge is 2.26. The lowest BCUT2D eigenvalue weighted by atomic mass is 9.98. The largest absolute Gasteiger partial charge is 0.386 e. The predicted octanol–water partition coefficient (Wildman–Crippen LogP) is 3.36. The van der Waals surface area contributed by atoms with Crippen LogP contribution in [0.25, 0.3) is 6.08 Å². The number of hydrogen-bond donors (Lipinski definition) is 1. The molecule has 0 atom stereocenters. The zero-order valence-corrected chi connectivity index (χ0v) is 10.5. The highest BCUT2D eigenvalue weighted by Crippen LogP contribution is 2.37. The lowest BCUT2D eigenvalue weighted by Crippen LogP contribution is -2.43. The molecule has 0 saturated carbocycles. The van der Waals surface area contributed by atoms with Gasteiger partial charge in [0.05, 0.1) is 11.4 Å². The average Bonchev–Trinajstić information content (AvgIpc) is 2.26. The van der Waals surface area contributed by atoms with E-state index in [2.05, 4.69) is 61.3 Å². The van der Waals surface area contributed by atoms with Crippen molar-refractivity contribution in [3.8, 4) is 0 Å². The Bertz CT molecular complexity index is 413. The van der Waals surface area contributed by atoms with Crippen molar-refractivity contribution in [3.63, 3.8) is 0 Å². The SMILES string of the molecule is CNc1cccc2c1N(C(C)(C)C)CC=C2. The predicted molar refractivity (Wildman–Crippen MR) is 72.1 cm³/mol. The van der Waals surface area contributed by atoms with Gasteiger partial charge in [-0.2, -0.15) is 0 Å². The molecule has 1 aromatic carbocycles. The highest BCUT2D eigenvalue weighted by atomic mass is 15.2. The molecule has 2 nitrogen and oxygen atoms in total. The molecule has 0 amide bonds. The van der Waals surface area contributed by atoms with Crippen molar-refractivity contribution in [2.75, 3.05) is 23.8 Å². The van der Waals surface area contributed by atoms with Gasteiger partial charge in [0.15, 0.2) is 0 Å². The van der Waals surface area contributed by atoms with Gasteiger partial charge in [-0.25, -0.2) is 0 Å². The van der Waals surface area contributed by atoms with Gasteiger partial charge in [-0.15, -0.1) is 0 Å². The molecule has 0 aliphatic carbocycles. The molecule has 0 radical (unpaired) electrons. The second kappa shape index (κ2) is 3.85. The third kappa shape index (κ3) is 1.80. The van der Waals surface area contributed by atoms with Gasteiger partial charge in [0.1, 0.15) is 0 Å². The van der Waals surface area contributed by atoms with Gasteiger partial charge < -0.3 is 10.2 Å².